The van der Waals surface area contributed by atoms with Gasteiger partial charge in [0.25, 0.3) is 0 Å². The molecule has 1 aliphatic rings. The van der Waals surface area contributed by atoms with E-state index in [1.54, 1.807) is 7.11 Å². The molecule has 0 saturated carbocycles. The zero-order chi connectivity index (χ0) is 18.4. The van der Waals surface area contributed by atoms with Crippen LogP contribution in [0.5, 0.6) is 0 Å². The maximum atomic E-state index is 12.0. The van der Waals surface area contributed by atoms with E-state index < -0.39 is 17.0 Å². The van der Waals surface area contributed by atoms with Gasteiger partial charge in [-0.2, -0.15) is 0 Å². The van der Waals surface area contributed by atoms with Crippen molar-refractivity contribution in [2.75, 3.05) is 14.2 Å². The third-order valence-electron chi connectivity index (χ3n) is 3.97. The highest BCUT2D eigenvalue weighted by Crippen LogP contribution is 2.47. The number of thioether (sulfide) groups is 1. The molecule has 0 spiro atoms. The molecule has 2 aromatic rings. The van der Waals surface area contributed by atoms with Gasteiger partial charge in [-0.3, -0.25) is 0 Å². The number of methoxy groups -OCH3 is 2. The fraction of sp³-hybridized carbons (Fsp3) is 0.190. The summed E-state index contributed by atoms with van der Waals surface area (Å²) in [6.07, 6.45) is 4.67. The lowest BCUT2D eigenvalue weighted by molar-refractivity contribution is -0.146. The van der Waals surface area contributed by atoms with Gasteiger partial charge in [0, 0.05) is 12.0 Å². The van der Waals surface area contributed by atoms with E-state index in [0.717, 1.165) is 10.5 Å². The normalized spacial score (nSPS) is 20.7. The summed E-state index contributed by atoms with van der Waals surface area (Å²) in [6, 6.07) is 19.6. The highest BCUT2D eigenvalue weighted by molar-refractivity contribution is 8.00. The molecule has 0 radical (unpaired) electrons. The fourth-order valence-corrected chi connectivity index (χ4v) is 4.05. The summed E-state index contributed by atoms with van der Waals surface area (Å²) in [7, 11) is 3.12. The number of rotatable bonds is 7. The quantitative estimate of drug-likeness (QED) is 0.682. The van der Waals surface area contributed by atoms with Crippen LogP contribution in [0.15, 0.2) is 83.5 Å². The summed E-state index contributed by atoms with van der Waals surface area (Å²) in [5, 5.41) is 0. The molecule has 2 atom stereocenters. The van der Waals surface area contributed by atoms with Gasteiger partial charge in [0.05, 0.1) is 13.2 Å². The maximum Gasteiger partial charge on any atom is 0.336 e. The summed E-state index contributed by atoms with van der Waals surface area (Å²) < 4.78 is 16.9. The largest absolute Gasteiger partial charge is 0.495 e. The summed E-state index contributed by atoms with van der Waals surface area (Å²) in [4.78, 5) is 11.9. The van der Waals surface area contributed by atoms with Crippen LogP contribution < -0.4 is 0 Å². The van der Waals surface area contributed by atoms with Crippen molar-refractivity contribution in [2.45, 2.75) is 15.9 Å². The van der Waals surface area contributed by atoms with E-state index in [0.29, 0.717) is 5.76 Å². The predicted octanol–water partition coefficient (Wildman–Crippen LogP) is 4.29. The van der Waals surface area contributed by atoms with E-state index in [1.165, 1.54) is 24.9 Å². The summed E-state index contributed by atoms with van der Waals surface area (Å²) in [6.45, 7) is 0. The Labute approximate surface area is 157 Å². The smallest absolute Gasteiger partial charge is 0.336 e. The molecular weight excluding hydrogens is 348 g/mol. The van der Waals surface area contributed by atoms with E-state index in [2.05, 4.69) is 0 Å². The first-order chi connectivity index (χ1) is 12.7. The van der Waals surface area contributed by atoms with Crippen molar-refractivity contribution in [1.29, 1.82) is 0 Å². The molecule has 1 heterocycles. The number of hydrogen-bond acceptors (Lipinski definition) is 5. The number of carbonyl (C=O) groups excluding carboxylic acids is 1. The Morgan fingerprint density at radius 1 is 1.04 bits per heavy atom. The Kier molecular flexibility index (Phi) is 5.81. The minimum Gasteiger partial charge on any atom is -0.495 e. The lowest BCUT2D eigenvalue weighted by Gasteiger charge is -2.34. The second-order valence-electron chi connectivity index (χ2n) is 5.64. The molecule has 2 aromatic carbocycles. The minimum atomic E-state index is -1.12. The van der Waals surface area contributed by atoms with Gasteiger partial charge < -0.3 is 14.2 Å². The molecule has 26 heavy (non-hydrogen) atoms. The molecule has 4 nitrogen and oxygen atoms in total. The Balaban J connectivity index is 1.97. The first-order valence-electron chi connectivity index (χ1n) is 8.17. The fourth-order valence-electron chi connectivity index (χ4n) is 2.75. The van der Waals surface area contributed by atoms with Gasteiger partial charge in [0.2, 0.25) is 4.93 Å². The second kappa shape index (κ2) is 8.25. The Morgan fingerprint density at radius 3 is 2.31 bits per heavy atom. The van der Waals surface area contributed by atoms with Crippen LogP contribution in [0.4, 0.5) is 0 Å². The number of hydrogen-bond donors (Lipinski definition) is 0. The van der Waals surface area contributed by atoms with Crippen LogP contribution in [0.3, 0.4) is 0 Å². The van der Waals surface area contributed by atoms with E-state index >= 15 is 0 Å². The van der Waals surface area contributed by atoms with Crippen LogP contribution >= 0.6 is 11.8 Å². The first-order valence-corrected chi connectivity index (χ1v) is 8.99. The number of cyclic esters (lactones) is 1. The summed E-state index contributed by atoms with van der Waals surface area (Å²) in [5.74, 6) is -0.0126. The van der Waals surface area contributed by atoms with E-state index in [4.69, 9.17) is 14.2 Å². The van der Waals surface area contributed by atoms with E-state index in [-0.39, 0.29) is 0 Å². The summed E-state index contributed by atoms with van der Waals surface area (Å²) in [5.41, 5.74) is 1.03. The van der Waals surface area contributed by atoms with Crippen LogP contribution in [0.25, 0.3) is 6.08 Å². The second-order valence-corrected chi connectivity index (χ2v) is 6.92. The standard InChI is InChI=1S/C21H20O4S/c1-23-18(14-13-16-9-5-3-6-10-16)21(19(24-2)15-20(22)25-21)26-17-11-7-4-8-12-17/h3-15,18H,1-2H3. The van der Waals surface area contributed by atoms with Gasteiger partial charge >= 0.3 is 5.97 Å². The molecule has 0 aromatic heterocycles. The molecule has 0 N–H and O–H groups in total. The first kappa shape index (κ1) is 18.3. The monoisotopic (exact) mass is 368 g/mol. The van der Waals surface area contributed by atoms with E-state index in [9.17, 15) is 4.79 Å². The maximum absolute atomic E-state index is 12.0. The van der Waals surface area contributed by atoms with Gasteiger partial charge in [-0.15, -0.1) is 0 Å². The average molecular weight is 368 g/mol. The number of carbonyl (C=O) groups is 1. The van der Waals surface area contributed by atoms with E-state index in [1.807, 2.05) is 72.8 Å². The van der Waals surface area contributed by atoms with Crippen molar-refractivity contribution < 1.29 is 19.0 Å². The lowest BCUT2D eigenvalue weighted by Crippen LogP contribution is -2.42. The van der Waals surface area contributed by atoms with Crippen molar-refractivity contribution in [3.8, 4) is 0 Å². The molecule has 134 valence electrons. The van der Waals surface area contributed by atoms with Gasteiger partial charge in [0.1, 0.15) is 6.10 Å². The van der Waals surface area contributed by atoms with Gasteiger partial charge in [0.15, 0.2) is 5.76 Å². The topological polar surface area (TPSA) is 44.8 Å². The zero-order valence-electron chi connectivity index (χ0n) is 14.6. The molecule has 0 bridgehead atoms. The van der Waals surface area contributed by atoms with Crippen molar-refractivity contribution in [3.05, 3.63) is 84.1 Å². The Morgan fingerprint density at radius 2 is 1.69 bits per heavy atom. The third-order valence-corrected chi connectivity index (χ3v) is 5.30. The lowest BCUT2D eigenvalue weighted by atomic mass is 10.1. The molecule has 0 saturated heterocycles. The highest BCUT2D eigenvalue weighted by Gasteiger charge is 2.52. The molecule has 0 amide bonds. The zero-order valence-corrected chi connectivity index (χ0v) is 15.4. The number of benzene rings is 2. The Bertz CT molecular complexity index is 801. The minimum absolute atomic E-state index is 0.431. The van der Waals surface area contributed by atoms with Crippen LogP contribution in [-0.4, -0.2) is 31.2 Å². The molecule has 3 rings (SSSR count). The van der Waals surface area contributed by atoms with Gasteiger partial charge in [-0.05, 0) is 23.8 Å². The SMILES string of the molecule is COC1=CC(=O)OC1(Sc1ccccc1)C(C=Cc1ccccc1)OC. The molecule has 2 unspecified atom stereocenters. The van der Waals surface area contributed by atoms with Crippen LogP contribution in [0, 0.1) is 0 Å². The summed E-state index contributed by atoms with van der Waals surface area (Å²) >= 11 is 1.39. The number of esters is 1. The molecule has 1 aliphatic heterocycles. The van der Waals surface area contributed by atoms with Crippen molar-refractivity contribution in [3.63, 3.8) is 0 Å². The molecule has 0 fully saturated rings. The Hall–Kier alpha value is -2.50. The predicted molar refractivity (Wildman–Crippen MR) is 102 cm³/mol. The molecular formula is C21H20O4S. The molecule has 0 aliphatic carbocycles. The highest BCUT2D eigenvalue weighted by atomic mass is 32.2. The van der Waals surface area contributed by atoms with Gasteiger partial charge in [-0.25, -0.2) is 4.79 Å². The van der Waals surface area contributed by atoms with Gasteiger partial charge in [-0.1, -0.05) is 66.4 Å². The molecule has 5 heteroatoms. The van der Waals surface area contributed by atoms with Crippen molar-refractivity contribution >= 4 is 23.8 Å². The van der Waals surface area contributed by atoms with Crippen LogP contribution in [0.2, 0.25) is 0 Å². The third kappa shape index (κ3) is 3.84. The van der Waals surface area contributed by atoms with Crippen LogP contribution in [-0.2, 0) is 19.0 Å². The van der Waals surface area contributed by atoms with Crippen molar-refractivity contribution in [2.24, 2.45) is 0 Å². The van der Waals surface area contributed by atoms with Crippen LogP contribution in [0.1, 0.15) is 5.56 Å². The number of ether oxygens (including phenoxy) is 3. The van der Waals surface area contributed by atoms with Crippen molar-refractivity contribution in [1.82, 2.24) is 0 Å². The average Bonchev–Trinajstić information content (AvgIpc) is 3.00.